The molecular formula is C23H20F5NO2. The van der Waals surface area contributed by atoms with Crippen molar-refractivity contribution in [3.63, 3.8) is 0 Å². The molecule has 0 amide bonds. The van der Waals surface area contributed by atoms with Crippen LogP contribution in [0.4, 0.5) is 22.0 Å². The van der Waals surface area contributed by atoms with E-state index in [-0.39, 0.29) is 41.5 Å². The first-order chi connectivity index (χ1) is 14.7. The molecule has 164 valence electrons. The van der Waals surface area contributed by atoms with Gasteiger partial charge in [0, 0.05) is 24.3 Å². The van der Waals surface area contributed by atoms with Crippen LogP contribution >= 0.6 is 0 Å². The van der Waals surface area contributed by atoms with Gasteiger partial charge in [0.2, 0.25) is 0 Å². The van der Waals surface area contributed by atoms with Gasteiger partial charge in [-0.1, -0.05) is 0 Å². The fraction of sp³-hybridized carbons (Fsp3) is 0.348. The highest BCUT2D eigenvalue weighted by Crippen LogP contribution is 2.49. The van der Waals surface area contributed by atoms with E-state index in [9.17, 15) is 26.7 Å². The van der Waals surface area contributed by atoms with Gasteiger partial charge in [0.05, 0.1) is 16.8 Å². The Bertz CT molecular complexity index is 1110. The number of carbonyl (C=O) groups is 1. The fourth-order valence-electron chi connectivity index (χ4n) is 4.28. The molecule has 0 unspecified atom stereocenters. The summed E-state index contributed by atoms with van der Waals surface area (Å²) in [6, 6.07) is 6.80. The van der Waals surface area contributed by atoms with E-state index in [4.69, 9.17) is 5.11 Å². The van der Waals surface area contributed by atoms with E-state index in [1.807, 2.05) is 0 Å². The van der Waals surface area contributed by atoms with Gasteiger partial charge in [0.1, 0.15) is 17.4 Å². The van der Waals surface area contributed by atoms with Gasteiger partial charge in [0.25, 0.3) is 0 Å². The van der Waals surface area contributed by atoms with Gasteiger partial charge >= 0.3 is 6.18 Å². The Hall–Kier alpha value is -2.74. The van der Waals surface area contributed by atoms with E-state index in [0.717, 1.165) is 6.07 Å². The van der Waals surface area contributed by atoms with Gasteiger partial charge in [-0.25, -0.2) is 8.78 Å². The van der Waals surface area contributed by atoms with Gasteiger partial charge in [-0.3, -0.25) is 4.79 Å². The SMILES string of the molecule is O=C(CCCO)C1CC(c2c(-c3ccc(F)cc3)[nH]c3c(F)cc(C(F)(F)F)cc23)C1. The molecule has 31 heavy (non-hydrogen) atoms. The number of carbonyl (C=O) groups excluding carboxylic acids is 1. The van der Waals surface area contributed by atoms with Crippen LogP contribution in [0.5, 0.6) is 0 Å². The molecule has 0 bridgehead atoms. The number of halogens is 5. The lowest BCUT2D eigenvalue weighted by molar-refractivity contribution is -0.137. The molecule has 0 aliphatic heterocycles. The lowest BCUT2D eigenvalue weighted by Gasteiger charge is -2.35. The van der Waals surface area contributed by atoms with Crippen LogP contribution in [0, 0.1) is 17.6 Å². The molecule has 0 spiro atoms. The molecule has 2 N–H and O–H groups in total. The summed E-state index contributed by atoms with van der Waals surface area (Å²) in [6.45, 7) is -0.0848. The summed E-state index contributed by atoms with van der Waals surface area (Å²) in [6.07, 6.45) is -3.22. The predicted molar refractivity (Wildman–Crippen MR) is 105 cm³/mol. The van der Waals surface area contributed by atoms with Crippen LogP contribution < -0.4 is 0 Å². The Balaban J connectivity index is 1.79. The Morgan fingerprint density at radius 2 is 1.77 bits per heavy atom. The minimum atomic E-state index is -4.71. The van der Waals surface area contributed by atoms with E-state index in [1.54, 1.807) is 0 Å². The number of ketones is 1. The first kappa shape index (κ1) is 21.5. The lowest BCUT2D eigenvalue weighted by Crippen LogP contribution is -2.29. The average molecular weight is 437 g/mol. The molecule has 8 heteroatoms. The molecule has 0 atom stereocenters. The van der Waals surface area contributed by atoms with Crippen molar-refractivity contribution < 1.29 is 31.9 Å². The molecular weight excluding hydrogens is 417 g/mol. The van der Waals surface area contributed by atoms with Crippen LogP contribution in [0.3, 0.4) is 0 Å². The van der Waals surface area contributed by atoms with Crippen LogP contribution in [0.1, 0.15) is 42.7 Å². The molecule has 2 aromatic carbocycles. The van der Waals surface area contributed by atoms with Crippen LogP contribution in [0.25, 0.3) is 22.2 Å². The molecule has 1 fully saturated rings. The summed E-state index contributed by atoms with van der Waals surface area (Å²) >= 11 is 0. The number of benzene rings is 2. The molecule has 0 radical (unpaired) electrons. The van der Waals surface area contributed by atoms with Crippen molar-refractivity contribution in [3.8, 4) is 11.3 Å². The normalized spacial score (nSPS) is 18.9. The van der Waals surface area contributed by atoms with Crippen molar-refractivity contribution in [1.29, 1.82) is 0 Å². The minimum absolute atomic E-state index is 0.00985. The van der Waals surface area contributed by atoms with Gasteiger partial charge < -0.3 is 10.1 Å². The number of rotatable bonds is 6. The summed E-state index contributed by atoms with van der Waals surface area (Å²) in [5, 5.41) is 9.02. The van der Waals surface area contributed by atoms with E-state index in [2.05, 4.69) is 4.98 Å². The Kier molecular flexibility index (Phi) is 5.60. The fourth-order valence-corrected chi connectivity index (χ4v) is 4.28. The highest BCUT2D eigenvalue weighted by Gasteiger charge is 2.39. The highest BCUT2D eigenvalue weighted by molar-refractivity contribution is 5.93. The summed E-state index contributed by atoms with van der Waals surface area (Å²) in [5.41, 5.74) is 0.337. The zero-order valence-corrected chi connectivity index (χ0v) is 16.4. The number of fused-ring (bicyclic) bond motifs is 1. The molecule has 4 rings (SSSR count). The topological polar surface area (TPSA) is 53.1 Å². The maximum atomic E-state index is 14.6. The number of aromatic nitrogens is 1. The summed E-state index contributed by atoms with van der Waals surface area (Å²) in [4.78, 5) is 15.1. The Morgan fingerprint density at radius 1 is 1.10 bits per heavy atom. The molecule has 1 aromatic heterocycles. The van der Waals surface area contributed by atoms with Crippen molar-refractivity contribution in [1.82, 2.24) is 4.98 Å². The number of Topliss-reactive ketones (excluding diaryl/α,β-unsaturated/α-hetero) is 1. The van der Waals surface area contributed by atoms with E-state index in [0.29, 0.717) is 42.1 Å². The number of hydrogen-bond donors (Lipinski definition) is 2. The number of aliphatic hydroxyl groups is 1. The first-order valence-corrected chi connectivity index (χ1v) is 10.0. The molecule has 1 saturated carbocycles. The van der Waals surface area contributed by atoms with Gasteiger partial charge in [-0.2, -0.15) is 13.2 Å². The maximum absolute atomic E-state index is 14.6. The second-order valence-corrected chi connectivity index (χ2v) is 7.96. The smallest absolute Gasteiger partial charge is 0.396 e. The second kappa shape index (κ2) is 8.07. The third-order valence-corrected chi connectivity index (χ3v) is 5.94. The first-order valence-electron chi connectivity index (χ1n) is 10.0. The molecule has 3 nitrogen and oxygen atoms in total. The van der Waals surface area contributed by atoms with Crippen LogP contribution in [0.15, 0.2) is 36.4 Å². The number of alkyl halides is 3. The Morgan fingerprint density at radius 3 is 2.39 bits per heavy atom. The van der Waals surface area contributed by atoms with Crippen LogP contribution in [0.2, 0.25) is 0 Å². The predicted octanol–water partition coefficient (Wildman–Crippen LogP) is 5.97. The molecule has 0 saturated heterocycles. The molecule has 1 aliphatic carbocycles. The van der Waals surface area contributed by atoms with E-state index >= 15 is 0 Å². The summed E-state index contributed by atoms with van der Waals surface area (Å²) < 4.78 is 67.9. The zero-order valence-electron chi connectivity index (χ0n) is 16.4. The number of H-pyrrole nitrogens is 1. The number of hydrogen-bond acceptors (Lipinski definition) is 2. The van der Waals surface area contributed by atoms with E-state index in [1.165, 1.54) is 24.3 Å². The Labute approximate surface area is 174 Å². The van der Waals surface area contributed by atoms with Gasteiger partial charge in [-0.15, -0.1) is 0 Å². The molecule has 1 aliphatic rings. The highest BCUT2D eigenvalue weighted by atomic mass is 19.4. The van der Waals surface area contributed by atoms with Crippen LogP contribution in [-0.2, 0) is 11.0 Å². The number of aromatic amines is 1. The van der Waals surface area contributed by atoms with Crippen molar-refractivity contribution >= 4 is 16.7 Å². The molecule has 3 aromatic rings. The maximum Gasteiger partial charge on any atom is 0.416 e. The average Bonchev–Trinajstić information content (AvgIpc) is 3.05. The standard InChI is InChI=1S/C23H20F5NO2/c24-16-5-3-12(4-6-16)21-20(14-8-13(9-14)19(31)2-1-7-30)17-10-15(23(26,27)28)11-18(25)22(17)29-21/h3-6,10-11,13-14,29-30H,1-2,7-9H2. The second-order valence-electron chi connectivity index (χ2n) is 7.96. The quantitative estimate of drug-likeness (QED) is 0.467. The largest absolute Gasteiger partial charge is 0.416 e. The number of aliphatic hydroxyl groups excluding tert-OH is 1. The van der Waals surface area contributed by atoms with Crippen LogP contribution in [-0.4, -0.2) is 22.5 Å². The van der Waals surface area contributed by atoms with Crippen molar-refractivity contribution in [2.45, 2.75) is 37.8 Å². The number of nitrogens with one attached hydrogen (secondary N) is 1. The van der Waals surface area contributed by atoms with Crippen molar-refractivity contribution in [3.05, 3.63) is 59.2 Å². The third-order valence-electron chi connectivity index (χ3n) is 5.94. The van der Waals surface area contributed by atoms with Gasteiger partial charge in [-0.05, 0) is 72.7 Å². The third kappa shape index (κ3) is 4.08. The summed E-state index contributed by atoms with van der Waals surface area (Å²) in [5.74, 6) is -1.95. The minimum Gasteiger partial charge on any atom is -0.396 e. The van der Waals surface area contributed by atoms with Crippen molar-refractivity contribution in [2.24, 2.45) is 5.92 Å². The summed E-state index contributed by atoms with van der Waals surface area (Å²) in [7, 11) is 0. The monoisotopic (exact) mass is 437 g/mol. The zero-order chi connectivity index (χ0) is 22.3. The lowest BCUT2D eigenvalue weighted by atomic mass is 9.68. The van der Waals surface area contributed by atoms with E-state index < -0.39 is 23.4 Å². The van der Waals surface area contributed by atoms with Gasteiger partial charge in [0.15, 0.2) is 0 Å². The molecule has 1 heterocycles. The van der Waals surface area contributed by atoms with Crippen molar-refractivity contribution in [2.75, 3.05) is 6.61 Å².